The van der Waals surface area contributed by atoms with E-state index >= 15 is 0 Å². The number of hydrogen-bond acceptors (Lipinski definition) is 5. The van der Waals surface area contributed by atoms with Gasteiger partial charge in [0, 0.05) is 6.20 Å². The number of carbonyl (C=O) groups is 2. The lowest BCUT2D eigenvalue weighted by atomic mass is 10.0. The highest BCUT2D eigenvalue weighted by atomic mass is 28.4. The first-order chi connectivity index (χ1) is 14.4. The van der Waals surface area contributed by atoms with Crippen molar-refractivity contribution in [3.8, 4) is 0 Å². The molecule has 1 aromatic carbocycles. The molecule has 0 bridgehead atoms. The number of aryl methyl sites for hydroxylation is 1. The lowest BCUT2D eigenvalue weighted by Crippen LogP contribution is -2.42. The molecule has 1 amide bonds. The van der Waals surface area contributed by atoms with Gasteiger partial charge in [0.15, 0.2) is 8.32 Å². The third-order valence-electron chi connectivity index (χ3n) is 6.05. The number of methoxy groups -OCH3 is 1. The Morgan fingerprint density at radius 2 is 1.90 bits per heavy atom. The molecule has 0 saturated heterocycles. The van der Waals surface area contributed by atoms with Crippen LogP contribution in [0.5, 0.6) is 0 Å². The van der Waals surface area contributed by atoms with Gasteiger partial charge in [-0.3, -0.25) is 9.59 Å². The van der Waals surface area contributed by atoms with E-state index in [1.807, 2.05) is 22.8 Å². The number of amides is 1. The van der Waals surface area contributed by atoms with E-state index in [0.717, 1.165) is 24.0 Å². The molecule has 0 aliphatic rings. The molecule has 31 heavy (non-hydrogen) atoms. The first kappa shape index (κ1) is 24.8. The molecule has 0 spiro atoms. The van der Waals surface area contributed by atoms with E-state index in [2.05, 4.69) is 44.9 Å². The fraction of sp³-hybridized carbons (Fsp3) is 0.522. The standard InChI is InChI=1S/C23H35N3O4Si/c1-23(2,3)31(5,6)30-15-19(26-14-20(22(24)28)25-16-26)11-10-17-8-7-9-18(12-17)13-21(27)29-4/h7-9,12,14,16,19H,10-11,13,15H2,1-6H3,(H2,24,28). The monoisotopic (exact) mass is 445 g/mol. The molecule has 2 aromatic rings. The molecule has 7 nitrogen and oxygen atoms in total. The van der Waals surface area contributed by atoms with Crippen LogP contribution in [0.1, 0.15) is 54.8 Å². The number of carbonyl (C=O) groups excluding carboxylic acids is 2. The average molecular weight is 446 g/mol. The summed E-state index contributed by atoms with van der Waals surface area (Å²) in [7, 11) is -0.539. The van der Waals surface area contributed by atoms with Crippen molar-refractivity contribution in [1.29, 1.82) is 0 Å². The Labute approximate surface area is 186 Å². The number of nitrogens with zero attached hydrogens (tertiary/aromatic N) is 2. The molecule has 0 aliphatic heterocycles. The number of rotatable bonds is 10. The Balaban J connectivity index is 2.16. The molecule has 0 fully saturated rings. The summed E-state index contributed by atoms with van der Waals surface area (Å²) in [6.45, 7) is 11.6. The molecule has 0 saturated carbocycles. The summed E-state index contributed by atoms with van der Waals surface area (Å²) in [6, 6.07) is 7.98. The zero-order valence-corrected chi connectivity index (χ0v) is 20.5. The number of benzene rings is 1. The first-order valence-corrected chi connectivity index (χ1v) is 13.5. The van der Waals surface area contributed by atoms with Crippen LogP contribution in [0.4, 0.5) is 0 Å². The van der Waals surface area contributed by atoms with Crippen molar-refractivity contribution in [3.05, 3.63) is 53.6 Å². The maximum atomic E-state index is 11.6. The molecule has 170 valence electrons. The summed E-state index contributed by atoms with van der Waals surface area (Å²) in [4.78, 5) is 27.2. The molecular weight excluding hydrogens is 410 g/mol. The molecule has 2 N–H and O–H groups in total. The van der Waals surface area contributed by atoms with E-state index in [4.69, 9.17) is 14.9 Å². The van der Waals surface area contributed by atoms with Gasteiger partial charge in [0.2, 0.25) is 0 Å². The molecule has 1 heterocycles. The Kier molecular flexibility index (Phi) is 8.19. The molecule has 2 rings (SSSR count). The maximum Gasteiger partial charge on any atom is 0.309 e. The van der Waals surface area contributed by atoms with Crippen LogP contribution in [0.3, 0.4) is 0 Å². The van der Waals surface area contributed by atoms with Gasteiger partial charge < -0.3 is 19.5 Å². The highest BCUT2D eigenvalue weighted by molar-refractivity contribution is 6.74. The van der Waals surface area contributed by atoms with Crippen LogP contribution < -0.4 is 5.73 Å². The van der Waals surface area contributed by atoms with E-state index in [-0.39, 0.29) is 29.2 Å². The third kappa shape index (κ3) is 7.04. The van der Waals surface area contributed by atoms with Crippen molar-refractivity contribution in [2.75, 3.05) is 13.7 Å². The molecule has 0 radical (unpaired) electrons. The van der Waals surface area contributed by atoms with Gasteiger partial charge in [-0.2, -0.15) is 0 Å². The molecule has 0 aliphatic carbocycles. The topological polar surface area (TPSA) is 96.4 Å². The average Bonchev–Trinajstić information content (AvgIpc) is 3.17. The Morgan fingerprint density at radius 1 is 1.23 bits per heavy atom. The lowest BCUT2D eigenvalue weighted by Gasteiger charge is -2.37. The summed E-state index contributed by atoms with van der Waals surface area (Å²) in [5.74, 6) is -0.798. The number of hydrogen-bond donors (Lipinski definition) is 1. The fourth-order valence-corrected chi connectivity index (χ4v) is 4.01. The Bertz CT molecular complexity index is 902. The first-order valence-electron chi connectivity index (χ1n) is 10.5. The van der Waals surface area contributed by atoms with Gasteiger partial charge in [0.1, 0.15) is 5.69 Å². The Morgan fingerprint density at radius 3 is 2.48 bits per heavy atom. The number of esters is 1. The molecule has 1 unspecified atom stereocenters. The summed E-state index contributed by atoms with van der Waals surface area (Å²) < 4.78 is 13.2. The largest absolute Gasteiger partial charge is 0.469 e. The molecular formula is C23H35N3O4Si. The normalized spacial score (nSPS) is 13.1. The zero-order valence-electron chi connectivity index (χ0n) is 19.5. The van der Waals surface area contributed by atoms with Crippen molar-refractivity contribution in [2.45, 2.75) is 64.2 Å². The van der Waals surface area contributed by atoms with E-state index < -0.39 is 14.2 Å². The SMILES string of the molecule is COC(=O)Cc1cccc(CCC(CO[Si](C)(C)C(C)(C)C)n2cnc(C(N)=O)c2)c1. The number of imidazole rings is 1. The summed E-state index contributed by atoms with van der Waals surface area (Å²) in [5.41, 5.74) is 7.69. The number of nitrogens with two attached hydrogens (primary N) is 1. The van der Waals surface area contributed by atoms with Crippen LogP contribution >= 0.6 is 0 Å². The van der Waals surface area contributed by atoms with Gasteiger partial charge in [-0.15, -0.1) is 0 Å². The minimum Gasteiger partial charge on any atom is -0.469 e. The highest BCUT2D eigenvalue weighted by Crippen LogP contribution is 2.37. The zero-order chi connectivity index (χ0) is 23.2. The van der Waals surface area contributed by atoms with Crippen molar-refractivity contribution in [3.63, 3.8) is 0 Å². The van der Waals surface area contributed by atoms with Gasteiger partial charge in [-0.25, -0.2) is 4.98 Å². The fourth-order valence-electron chi connectivity index (χ4n) is 2.97. The second kappa shape index (κ2) is 10.2. The van der Waals surface area contributed by atoms with Crippen molar-refractivity contribution in [1.82, 2.24) is 9.55 Å². The maximum absolute atomic E-state index is 11.6. The number of primary amides is 1. The van der Waals surface area contributed by atoms with Crippen molar-refractivity contribution < 1.29 is 18.8 Å². The Hall–Kier alpha value is -2.45. The number of aromatic nitrogens is 2. The minimum atomic E-state index is -1.93. The quantitative estimate of drug-likeness (QED) is 0.442. The van der Waals surface area contributed by atoms with E-state index in [9.17, 15) is 9.59 Å². The predicted molar refractivity (Wildman–Crippen MR) is 123 cm³/mol. The van der Waals surface area contributed by atoms with Crippen LogP contribution in [-0.4, -0.2) is 43.5 Å². The van der Waals surface area contributed by atoms with E-state index in [0.29, 0.717) is 6.61 Å². The number of ether oxygens (including phenoxy) is 1. The van der Waals surface area contributed by atoms with Crippen molar-refractivity contribution >= 4 is 20.2 Å². The van der Waals surface area contributed by atoms with Crippen LogP contribution in [0, 0.1) is 0 Å². The second-order valence-corrected chi connectivity index (χ2v) is 14.2. The lowest BCUT2D eigenvalue weighted by molar-refractivity contribution is -0.139. The summed E-state index contributed by atoms with van der Waals surface area (Å²) in [5, 5.41) is 0.104. The molecule has 1 aromatic heterocycles. The smallest absolute Gasteiger partial charge is 0.309 e. The van der Waals surface area contributed by atoms with Crippen molar-refractivity contribution in [2.24, 2.45) is 5.73 Å². The summed E-state index contributed by atoms with van der Waals surface area (Å²) in [6.07, 6.45) is 5.18. The van der Waals surface area contributed by atoms with Gasteiger partial charge in [0.05, 0.1) is 32.5 Å². The van der Waals surface area contributed by atoms with Gasteiger partial charge in [-0.05, 0) is 42.1 Å². The van der Waals surface area contributed by atoms with Crippen LogP contribution in [0.25, 0.3) is 0 Å². The third-order valence-corrected chi connectivity index (χ3v) is 10.6. The second-order valence-electron chi connectivity index (χ2n) is 9.41. The molecule has 1 atom stereocenters. The van der Waals surface area contributed by atoms with Gasteiger partial charge >= 0.3 is 5.97 Å². The van der Waals surface area contributed by atoms with Crippen LogP contribution in [0.15, 0.2) is 36.8 Å². The van der Waals surface area contributed by atoms with Crippen LogP contribution in [-0.2, 0) is 26.8 Å². The van der Waals surface area contributed by atoms with E-state index in [1.54, 1.807) is 12.5 Å². The molecule has 8 heteroatoms. The van der Waals surface area contributed by atoms with E-state index in [1.165, 1.54) is 7.11 Å². The predicted octanol–water partition coefficient (Wildman–Crippen LogP) is 3.89. The summed E-state index contributed by atoms with van der Waals surface area (Å²) >= 11 is 0. The van der Waals surface area contributed by atoms with Gasteiger partial charge in [0.25, 0.3) is 5.91 Å². The minimum absolute atomic E-state index is 0.0130. The van der Waals surface area contributed by atoms with Crippen LogP contribution in [0.2, 0.25) is 18.1 Å². The highest BCUT2D eigenvalue weighted by Gasteiger charge is 2.37. The van der Waals surface area contributed by atoms with Gasteiger partial charge in [-0.1, -0.05) is 45.0 Å².